The molecule has 1 saturated heterocycles. The van der Waals surface area contributed by atoms with Crippen LogP contribution >= 0.6 is 0 Å². The molecule has 0 bridgehead atoms. The normalized spacial score (nSPS) is 16.5. The maximum Gasteiger partial charge on any atom is 0.165 e. The molecule has 1 atom stereocenters. The average Bonchev–Trinajstić information content (AvgIpc) is 2.74. The van der Waals surface area contributed by atoms with Gasteiger partial charge >= 0.3 is 0 Å². The van der Waals surface area contributed by atoms with Gasteiger partial charge in [-0.15, -0.1) is 5.11 Å². The van der Waals surface area contributed by atoms with Gasteiger partial charge in [-0.2, -0.15) is 0 Å². The minimum Gasteiger partial charge on any atom is -0.493 e. The molecular formula is C21H26N4O2. The van der Waals surface area contributed by atoms with Gasteiger partial charge in [0.1, 0.15) is 6.04 Å². The van der Waals surface area contributed by atoms with Crippen molar-refractivity contribution in [2.75, 3.05) is 27.3 Å². The molecule has 2 aromatic rings. The molecule has 0 spiro atoms. The van der Waals surface area contributed by atoms with Crippen LogP contribution in [0.4, 0.5) is 0 Å². The van der Waals surface area contributed by atoms with E-state index < -0.39 is 6.04 Å². The van der Waals surface area contributed by atoms with Crippen LogP contribution in [0.5, 0.6) is 11.5 Å². The van der Waals surface area contributed by atoms with Crippen molar-refractivity contribution in [3.63, 3.8) is 0 Å². The van der Waals surface area contributed by atoms with E-state index in [0.29, 0.717) is 17.4 Å². The summed E-state index contributed by atoms with van der Waals surface area (Å²) in [5.74, 6) is 1.76. The molecule has 0 aliphatic carbocycles. The van der Waals surface area contributed by atoms with Crippen LogP contribution in [0.3, 0.4) is 0 Å². The first-order valence-corrected chi connectivity index (χ1v) is 9.15. The second-order valence-corrected chi connectivity index (χ2v) is 6.70. The summed E-state index contributed by atoms with van der Waals surface area (Å²) in [5, 5.41) is 11.7. The second-order valence-electron chi connectivity index (χ2n) is 6.70. The molecule has 1 aliphatic rings. The average molecular weight is 366 g/mol. The van der Waals surface area contributed by atoms with Gasteiger partial charge in [0.2, 0.25) is 0 Å². The summed E-state index contributed by atoms with van der Waals surface area (Å²) in [6.07, 6.45) is 2.02. The first-order chi connectivity index (χ1) is 13.2. The van der Waals surface area contributed by atoms with E-state index in [2.05, 4.69) is 34.3 Å². The Morgan fingerprint density at radius 2 is 1.74 bits per heavy atom. The molecule has 142 valence electrons. The number of para-hydroxylation sites is 1. The summed E-state index contributed by atoms with van der Waals surface area (Å²) in [5.41, 5.74) is 9.59. The van der Waals surface area contributed by atoms with Gasteiger partial charge in [-0.25, -0.2) is 5.53 Å². The summed E-state index contributed by atoms with van der Waals surface area (Å²) in [6, 6.07) is 15.8. The molecule has 0 aromatic heterocycles. The number of hydrogen-bond donors (Lipinski definition) is 2. The van der Waals surface area contributed by atoms with Crippen molar-refractivity contribution in [1.82, 2.24) is 4.90 Å². The third kappa shape index (κ3) is 4.01. The lowest BCUT2D eigenvalue weighted by Gasteiger charge is -2.37. The molecule has 6 nitrogen and oxygen atoms in total. The number of amidine groups is 1. The third-order valence-corrected chi connectivity index (χ3v) is 5.27. The summed E-state index contributed by atoms with van der Waals surface area (Å²) >= 11 is 0. The lowest BCUT2D eigenvalue weighted by Crippen LogP contribution is -2.39. The van der Waals surface area contributed by atoms with Gasteiger partial charge in [0.15, 0.2) is 17.3 Å². The van der Waals surface area contributed by atoms with Crippen molar-refractivity contribution >= 4 is 5.84 Å². The minimum absolute atomic E-state index is 0.0136. The third-order valence-electron chi connectivity index (χ3n) is 5.27. The zero-order valence-corrected chi connectivity index (χ0v) is 15.8. The quantitative estimate of drug-likeness (QED) is 0.444. The Morgan fingerprint density at radius 3 is 2.33 bits per heavy atom. The standard InChI is InChI=1S/C21H26N4O2/c1-26-18-10-6-9-17(20(18)27-2)19(21(22)24-23)25-13-11-16(12-14-25)15-7-4-3-5-8-15/h3-10,16,19,22-23H,11-14H2,1-2H3. The van der Waals surface area contributed by atoms with E-state index in [9.17, 15) is 0 Å². The van der Waals surface area contributed by atoms with Crippen LogP contribution in [-0.4, -0.2) is 38.0 Å². The Hall–Kier alpha value is -2.73. The van der Waals surface area contributed by atoms with Crippen molar-refractivity contribution in [3.05, 3.63) is 59.7 Å². The summed E-state index contributed by atoms with van der Waals surface area (Å²) < 4.78 is 11.0. The number of nitrogens with zero attached hydrogens (tertiary/aromatic N) is 2. The molecule has 2 aromatic carbocycles. The number of rotatable bonds is 6. The highest BCUT2D eigenvalue weighted by atomic mass is 16.5. The Labute approximate surface area is 160 Å². The molecule has 27 heavy (non-hydrogen) atoms. The number of methoxy groups -OCH3 is 2. The van der Waals surface area contributed by atoms with Gasteiger partial charge in [0.25, 0.3) is 0 Å². The minimum atomic E-state index is -0.413. The summed E-state index contributed by atoms with van der Waals surface area (Å²) in [4.78, 5) is 2.22. The predicted molar refractivity (Wildman–Crippen MR) is 105 cm³/mol. The van der Waals surface area contributed by atoms with E-state index in [1.54, 1.807) is 14.2 Å². The maximum absolute atomic E-state index is 8.29. The summed E-state index contributed by atoms with van der Waals surface area (Å²) in [6.45, 7) is 1.67. The van der Waals surface area contributed by atoms with E-state index in [0.717, 1.165) is 31.5 Å². The predicted octanol–water partition coefficient (Wildman–Crippen LogP) is 4.63. The molecule has 1 fully saturated rings. The maximum atomic E-state index is 8.29. The number of benzene rings is 2. The van der Waals surface area contributed by atoms with Gasteiger partial charge in [0.05, 0.1) is 14.2 Å². The Balaban J connectivity index is 1.85. The van der Waals surface area contributed by atoms with Crippen LogP contribution in [0, 0.1) is 10.9 Å². The fourth-order valence-electron chi connectivity index (χ4n) is 3.92. The molecule has 0 radical (unpaired) electrons. The highest BCUT2D eigenvalue weighted by molar-refractivity contribution is 5.87. The van der Waals surface area contributed by atoms with E-state index >= 15 is 0 Å². The SMILES string of the molecule is COc1cccc(C(C(=N)N=N)N2CCC(c3ccccc3)CC2)c1OC. The zero-order valence-electron chi connectivity index (χ0n) is 15.8. The molecule has 1 unspecified atom stereocenters. The topological polar surface area (TPSA) is 81.8 Å². The first kappa shape index (κ1) is 19.0. The Bertz CT molecular complexity index is 786. The largest absolute Gasteiger partial charge is 0.493 e. The number of nitrogens with one attached hydrogen (secondary N) is 2. The van der Waals surface area contributed by atoms with Gasteiger partial charge in [0, 0.05) is 5.56 Å². The van der Waals surface area contributed by atoms with Crippen LogP contribution in [0.2, 0.25) is 0 Å². The summed E-state index contributed by atoms with van der Waals surface area (Å²) in [7, 11) is 3.20. The molecule has 3 rings (SSSR count). The number of hydrogen-bond acceptors (Lipinski definition) is 5. The molecular weight excluding hydrogens is 340 g/mol. The van der Waals surface area contributed by atoms with Gasteiger partial charge in [-0.1, -0.05) is 42.5 Å². The van der Waals surface area contributed by atoms with Crippen LogP contribution in [-0.2, 0) is 0 Å². The molecule has 0 saturated carbocycles. The van der Waals surface area contributed by atoms with E-state index in [4.69, 9.17) is 20.4 Å². The smallest absolute Gasteiger partial charge is 0.165 e. The number of piperidine rings is 1. The lowest BCUT2D eigenvalue weighted by atomic mass is 9.88. The van der Waals surface area contributed by atoms with Gasteiger partial charge in [-0.05, 0) is 43.5 Å². The van der Waals surface area contributed by atoms with Crippen LogP contribution in [0.15, 0.2) is 53.6 Å². The van der Waals surface area contributed by atoms with Gasteiger partial charge in [-0.3, -0.25) is 10.3 Å². The fraction of sp³-hybridized carbons (Fsp3) is 0.381. The van der Waals surface area contributed by atoms with Crippen molar-refractivity contribution in [3.8, 4) is 11.5 Å². The number of likely N-dealkylation sites (tertiary alicyclic amines) is 1. The first-order valence-electron chi connectivity index (χ1n) is 9.15. The van der Waals surface area contributed by atoms with Crippen LogP contribution in [0.25, 0.3) is 0 Å². The molecule has 0 amide bonds. The lowest BCUT2D eigenvalue weighted by molar-refractivity contribution is 0.183. The molecule has 1 heterocycles. The molecule has 1 aliphatic heterocycles. The van der Waals surface area contributed by atoms with E-state index in [1.165, 1.54) is 5.56 Å². The second kappa shape index (κ2) is 8.77. The van der Waals surface area contributed by atoms with Crippen molar-refractivity contribution in [2.24, 2.45) is 5.11 Å². The van der Waals surface area contributed by atoms with Crippen molar-refractivity contribution in [2.45, 2.75) is 24.8 Å². The Morgan fingerprint density at radius 1 is 1.04 bits per heavy atom. The number of ether oxygens (including phenoxy) is 2. The highest BCUT2D eigenvalue weighted by Crippen LogP contribution is 2.40. The fourth-order valence-corrected chi connectivity index (χ4v) is 3.92. The van der Waals surface area contributed by atoms with E-state index in [1.807, 2.05) is 24.3 Å². The van der Waals surface area contributed by atoms with E-state index in [-0.39, 0.29) is 5.84 Å². The Kier molecular flexibility index (Phi) is 6.19. The molecule has 2 N–H and O–H groups in total. The van der Waals surface area contributed by atoms with Crippen LogP contribution in [0.1, 0.15) is 35.9 Å². The molecule has 6 heteroatoms. The van der Waals surface area contributed by atoms with Crippen molar-refractivity contribution in [1.29, 1.82) is 10.9 Å². The highest BCUT2D eigenvalue weighted by Gasteiger charge is 2.32. The van der Waals surface area contributed by atoms with Gasteiger partial charge < -0.3 is 9.47 Å². The monoisotopic (exact) mass is 366 g/mol. The zero-order chi connectivity index (χ0) is 19.2. The van der Waals surface area contributed by atoms with Crippen molar-refractivity contribution < 1.29 is 9.47 Å². The van der Waals surface area contributed by atoms with Crippen LogP contribution < -0.4 is 9.47 Å².